The van der Waals surface area contributed by atoms with Crippen LogP contribution in [0.4, 0.5) is 4.39 Å². The Bertz CT molecular complexity index is 698. The summed E-state index contributed by atoms with van der Waals surface area (Å²) >= 11 is 0. The zero-order valence-corrected chi connectivity index (χ0v) is 12.3. The van der Waals surface area contributed by atoms with E-state index >= 15 is 0 Å². The lowest BCUT2D eigenvalue weighted by molar-refractivity contribution is 0.0702. The molecule has 2 N–H and O–H groups in total. The zero-order chi connectivity index (χ0) is 15.7. The minimum atomic E-state index is -0.558. The first-order valence-electron chi connectivity index (χ1n) is 7.34. The fourth-order valence-electron chi connectivity index (χ4n) is 2.91. The molecule has 1 fully saturated rings. The van der Waals surface area contributed by atoms with Gasteiger partial charge in [-0.2, -0.15) is 5.10 Å². The van der Waals surface area contributed by atoms with E-state index in [1.54, 1.807) is 4.90 Å². The first-order valence-corrected chi connectivity index (χ1v) is 7.34. The summed E-state index contributed by atoms with van der Waals surface area (Å²) in [5.74, 6) is -0.958. The Kier molecular flexibility index (Phi) is 3.83. The highest BCUT2D eigenvalue weighted by molar-refractivity contribution is 5.96. The molecule has 2 aromatic rings. The van der Waals surface area contributed by atoms with Gasteiger partial charge in [-0.25, -0.2) is 4.39 Å². The lowest BCUT2D eigenvalue weighted by Crippen LogP contribution is -2.39. The molecule has 22 heavy (non-hydrogen) atoms. The Morgan fingerprint density at radius 1 is 1.45 bits per heavy atom. The van der Waals surface area contributed by atoms with E-state index in [-0.39, 0.29) is 23.1 Å². The second-order valence-electron chi connectivity index (χ2n) is 5.73. The number of amides is 1. The number of halogens is 1. The molecule has 0 radical (unpaired) electrons. The third-order valence-corrected chi connectivity index (χ3v) is 4.04. The van der Waals surface area contributed by atoms with Crippen LogP contribution in [0.5, 0.6) is 5.75 Å². The van der Waals surface area contributed by atoms with Crippen molar-refractivity contribution >= 4 is 5.91 Å². The van der Waals surface area contributed by atoms with Crippen LogP contribution in [0.2, 0.25) is 0 Å². The largest absolute Gasteiger partial charge is 0.507 e. The van der Waals surface area contributed by atoms with Crippen molar-refractivity contribution in [2.75, 3.05) is 13.1 Å². The van der Waals surface area contributed by atoms with Gasteiger partial charge in [-0.05, 0) is 38.0 Å². The number of carbonyl (C=O) groups is 1. The van der Waals surface area contributed by atoms with Gasteiger partial charge in [0.05, 0.1) is 11.3 Å². The lowest BCUT2D eigenvalue weighted by Gasteiger charge is -2.32. The normalized spacial score (nSPS) is 18.5. The van der Waals surface area contributed by atoms with Crippen molar-refractivity contribution in [1.82, 2.24) is 15.1 Å². The maximum absolute atomic E-state index is 13.0. The maximum Gasteiger partial charge on any atom is 0.257 e. The van der Waals surface area contributed by atoms with Crippen LogP contribution in [0.1, 0.15) is 40.5 Å². The number of aromatic hydroxyl groups is 1. The minimum Gasteiger partial charge on any atom is -0.507 e. The number of aromatic nitrogens is 2. The predicted octanol–water partition coefficient (Wildman–Crippen LogP) is 2.58. The van der Waals surface area contributed by atoms with Crippen molar-refractivity contribution in [2.24, 2.45) is 0 Å². The molecule has 1 amide bonds. The molecule has 1 aromatic heterocycles. The Morgan fingerprint density at radius 2 is 2.27 bits per heavy atom. The Balaban J connectivity index is 1.78. The molecule has 0 unspecified atom stereocenters. The molecule has 6 heteroatoms. The number of hydrogen-bond donors (Lipinski definition) is 2. The molecule has 1 atom stereocenters. The number of rotatable bonds is 2. The number of carbonyl (C=O) groups excluding carboxylic acids is 1. The van der Waals surface area contributed by atoms with Crippen LogP contribution in [0.3, 0.4) is 0 Å². The maximum atomic E-state index is 13.0. The van der Waals surface area contributed by atoms with E-state index in [2.05, 4.69) is 10.2 Å². The molecule has 0 aliphatic carbocycles. The molecule has 116 valence electrons. The van der Waals surface area contributed by atoms with Gasteiger partial charge in [-0.1, -0.05) is 0 Å². The van der Waals surface area contributed by atoms with Crippen LogP contribution >= 0.6 is 0 Å². The van der Waals surface area contributed by atoms with Crippen molar-refractivity contribution in [2.45, 2.75) is 25.7 Å². The smallest absolute Gasteiger partial charge is 0.257 e. The van der Waals surface area contributed by atoms with Crippen molar-refractivity contribution in [3.05, 3.63) is 47.0 Å². The second-order valence-corrected chi connectivity index (χ2v) is 5.73. The number of nitrogens with one attached hydrogen (secondary N) is 1. The third kappa shape index (κ3) is 2.81. The summed E-state index contributed by atoms with van der Waals surface area (Å²) in [6, 6.07) is 5.47. The second kappa shape index (κ2) is 5.79. The van der Waals surface area contributed by atoms with Gasteiger partial charge in [0.2, 0.25) is 0 Å². The highest BCUT2D eigenvalue weighted by Crippen LogP contribution is 2.28. The Morgan fingerprint density at radius 3 is 2.95 bits per heavy atom. The van der Waals surface area contributed by atoms with Crippen LogP contribution < -0.4 is 0 Å². The molecule has 1 saturated heterocycles. The first-order chi connectivity index (χ1) is 10.5. The molecule has 5 nitrogen and oxygen atoms in total. The van der Waals surface area contributed by atoms with Crippen LogP contribution in [0.15, 0.2) is 24.3 Å². The molecule has 1 aliphatic rings. The summed E-state index contributed by atoms with van der Waals surface area (Å²) in [6.07, 6.45) is 1.85. The van der Waals surface area contributed by atoms with Crippen molar-refractivity contribution < 1.29 is 14.3 Å². The van der Waals surface area contributed by atoms with Gasteiger partial charge in [0.25, 0.3) is 5.91 Å². The summed E-state index contributed by atoms with van der Waals surface area (Å²) in [5, 5.41) is 17.0. The number of nitrogens with zero attached hydrogens (tertiary/aromatic N) is 2. The number of aromatic amines is 1. The Hall–Kier alpha value is -2.37. The van der Waals surface area contributed by atoms with Gasteiger partial charge in [0, 0.05) is 30.8 Å². The van der Waals surface area contributed by atoms with Gasteiger partial charge in [-0.15, -0.1) is 0 Å². The van der Waals surface area contributed by atoms with E-state index in [1.165, 1.54) is 12.1 Å². The van der Waals surface area contributed by atoms with E-state index in [1.807, 2.05) is 13.0 Å². The number of likely N-dealkylation sites (tertiary alicyclic amines) is 1. The molecular formula is C16H18FN3O2. The van der Waals surface area contributed by atoms with Crippen molar-refractivity contribution in [3.8, 4) is 5.75 Å². The Labute approximate surface area is 127 Å². The van der Waals surface area contributed by atoms with E-state index in [0.717, 1.165) is 30.3 Å². The first kappa shape index (κ1) is 14.6. The van der Waals surface area contributed by atoms with Crippen molar-refractivity contribution in [3.63, 3.8) is 0 Å². The molecule has 3 rings (SSSR count). The molecule has 0 bridgehead atoms. The number of benzene rings is 1. The summed E-state index contributed by atoms with van der Waals surface area (Å²) < 4.78 is 13.0. The van der Waals surface area contributed by atoms with Crippen LogP contribution in [-0.4, -0.2) is 39.2 Å². The molecule has 1 aliphatic heterocycles. The fourth-order valence-corrected chi connectivity index (χ4v) is 2.91. The average Bonchev–Trinajstić information content (AvgIpc) is 2.93. The van der Waals surface area contributed by atoms with E-state index in [0.29, 0.717) is 13.1 Å². The SMILES string of the molecule is Cc1cc([C@H]2CCCN(C(=O)c3ccc(F)cc3O)C2)n[nH]1. The third-order valence-electron chi connectivity index (χ3n) is 4.04. The standard InChI is InChI=1S/C16H18FN3O2/c1-10-7-14(19-18-10)11-3-2-6-20(9-11)16(22)13-5-4-12(17)8-15(13)21/h4-5,7-8,11,21H,2-3,6,9H2,1H3,(H,18,19)/t11-/m0/s1. The summed E-state index contributed by atoms with van der Waals surface area (Å²) in [4.78, 5) is 14.2. The number of aryl methyl sites for hydroxylation is 1. The molecule has 1 aromatic carbocycles. The van der Waals surface area contributed by atoms with Crippen LogP contribution in [-0.2, 0) is 0 Å². The monoisotopic (exact) mass is 303 g/mol. The summed E-state index contributed by atoms with van der Waals surface area (Å²) in [6.45, 7) is 3.13. The average molecular weight is 303 g/mol. The van der Waals surface area contributed by atoms with Crippen molar-refractivity contribution in [1.29, 1.82) is 0 Å². The number of phenols is 1. The van der Waals surface area contributed by atoms with Crippen LogP contribution in [0, 0.1) is 12.7 Å². The molecular weight excluding hydrogens is 285 g/mol. The molecule has 2 heterocycles. The van der Waals surface area contributed by atoms with E-state index < -0.39 is 5.82 Å². The van der Waals surface area contributed by atoms with Crippen LogP contribution in [0.25, 0.3) is 0 Å². The topological polar surface area (TPSA) is 69.2 Å². The quantitative estimate of drug-likeness (QED) is 0.896. The predicted molar refractivity (Wildman–Crippen MR) is 79.3 cm³/mol. The summed E-state index contributed by atoms with van der Waals surface area (Å²) in [5.41, 5.74) is 2.09. The van der Waals surface area contributed by atoms with Gasteiger partial charge in [0.1, 0.15) is 11.6 Å². The van der Waals surface area contributed by atoms with E-state index in [4.69, 9.17) is 0 Å². The number of piperidine rings is 1. The van der Waals surface area contributed by atoms with Gasteiger partial charge in [-0.3, -0.25) is 9.89 Å². The highest BCUT2D eigenvalue weighted by atomic mass is 19.1. The zero-order valence-electron chi connectivity index (χ0n) is 12.3. The fraction of sp³-hybridized carbons (Fsp3) is 0.375. The van der Waals surface area contributed by atoms with Gasteiger partial charge >= 0.3 is 0 Å². The van der Waals surface area contributed by atoms with E-state index in [9.17, 15) is 14.3 Å². The van der Waals surface area contributed by atoms with Gasteiger partial charge in [0.15, 0.2) is 0 Å². The summed E-state index contributed by atoms with van der Waals surface area (Å²) in [7, 11) is 0. The molecule has 0 saturated carbocycles. The number of H-pyrrole nitrogens is 1. The van der Waals surface area contributed by atoms with Gasteiger partial charge < -0.3 is 10.0 Å². The minimum absolute atomic E-state index is 0.139. The molecule has 0 spiro atoms. The lowest BCUT2D eigenvalue weighted by atomic mass is 9.94. The highest BCUT2D eigenvalue weighted by Gasteiger charge is 2.28. The number of hydrogen-bond acceptors (Lipinski definition) is 3. The number of phenolic OH excluding ortho intramolecular Hbond substituents is 1.